The number of rotatable bonds is 10. The van der Waals surface area contributed by atoms with Gasteiger partial charge in [-0.05, 0) is 16.7 Å². The first-order valence-corrected chi connectivity index (χ1v) is 13.1. The highest BCUT2D eigenvalue weighted by molar-refractivity contribution is 5.23. The van der Waals surface area contributed by atoms with Crippen LogP contribution in [0.5, 0.6) is 0 Å². The van der Waals surface area contributed by atoms with E-state index in [0.29, 0.717) is 25.5 Å². The lowest BCUT2D eigenvalue weighted by atomic mass is 9.91. The van der Waals surface area contributed by atoms with E-state index in [2.05, 4.69) is 4.98 Å². The minimum absolute atomic E-state index is 0.245. The van der Waals surface area contributed by atoms with E-state index in [1.807, 2.05) is 91.0 Å². The molecular weight excluding hydrogens is 496 g/mol. The first kappa shape index (κ1) is 25.5. The zero-order valence-electron chi connectivity index (χ0n) is 21.4. The van der Waals surface area contributed by atoms with Gasteiger partial charge in [-0.1, -0.05) is 91.0 Å². The summed E-state index contributed by atoms with van der Waals surface area (Å²) in [6, 6.07) is 31.1. The molecule has 0 spiro atoms. The summed E-state index contributed by atoms with van der Waals surface area (Å²) >= 11 is 0. The Morgan fingerprint density at radius 1 is 0.821 bits per heavy atom. The fourth-order valence-corrected chi connectivity index (χ4v) is 5.50. The Morgan fingerprint density at radius 3 is 2.05 bits per heavy atom. The van der Waals surface area contributed by atoms with Crippen molar-refractivity contribution in [3.63, 3.8) is 0 Å². The zero-order valence-corrected chi connectivity index (χ0v) is 21.4. The van der Waals surface area contributed by atoms with Gasteiger partial charge in [0.05, 0.1) is 26.4 Å². The average Bonchev–Trinajstić information content (AvgIpc) is 3.42. The summed E-state index contributed by atoms with van der Waals surface area (Å²) in [5.74, 6) is 0. The molecule has 39 heavy (non-hydrogen) atoms. The molecule has 4 aromatic rings. The fraction of sp³-hybridized carbons (Fsp3) is 0.290. The maximum absolute atomic E-state index is 13.0. The number of aromatic nitrogens is 2. The Bertz CT molecular complexity index is 1510. The molecule has 0 saturated carbocycles. The molecule has 0 unspecified atom stereocenters. The molecule has 1 saturated heterocycles. The highest BCUT2D eigenvalue weighted by Crippen LogP contribution is 2.49. The van der Waals surface area contributed by atoms with E-state index in [-0.39, 0.29) is 13.0 Å². The molecule has 2 aliphatic rings. The Balaban J connectivity index is 1.33. The van der Waals surface area contributed by atoms with Crippen LogP contribution in [0.15, 0.2) is 107 Å². The third-order valence-corrected chi connectivity index (χ3v) is 7.31. The van der Waals surface area contributed by atoms with Crippen molar-refractivity contribution in [1.29, 1.82) is 0 Å². The van der Waals surface area contributed by atoms with E-state index in [9.17, 15) is 9.59 Å². The summed E-state index contributed by atoms with van der Waals surface area (Å²) in [7, 11) is 0. The molecule has 2 aliphatic heterocycles. The number of aromatic amines is 1. The van der Waals surface area contributed by atoms with Crippen LogP contribution < -0.4 is 11.2 Å². The molecule has 6 rings (SSSR count). The van der Waals surface area contributed by atoms with Crippen LogP contribution in [0, 0.1) is 0 Å². The van der Waals surface area contributed by atoms with E-state index >= 15 is 0 Å². The van der Waals surface area contributed by atoms with E-state index in [1.165, 1.54) is 10.6 Å². The molecule has 200 valence electrons. The van der Waals surface area contributed by atoms with Crippen molar-refractivity contribution < 1.29 is 18.9 Å². The summed E-state index contributed by atoms with van der Waals surface area (Å²) in [5.41, 5.74) is 1.57. The van der Waals surface area contributed by atoms with Crippen LogP contribution in [-0.2, 0) is 45.2 Å². The molecule has 3 heterocycles. The molecular formula is C31H30N2O6. The van der Waals surface area contributed by atoms with Crippen LogP contribution >= 0.6 is 0 Å². The predicted molar refractivity (Wildman–Crippen MR) is 144 cm³/mol. The standard InChI is InChI=1S/C31H30N2O6/c34-27-16-25-17-31(38-20-24-14-8-3-9-15-24)28(37-19-23-12-6-2-7-13-23)26(39-29(31)33(25)30(35)32-27)21-36-18-22-10-4-1-5-11-22/h1-16,26,28-29H,17-21H2,(H,32,34,35)/t26-,28-,29-,31-/m1/s1. The van der Waals surface area contributed by atoms with Crippen molar-refractivity contribution in [2.45, 2.75) is 50.3 Å². The van der Waals surface area contributed by atoms with Crippen molar-refractivity contribution in [1.82, 2.24) is 9.55 Å². The number of H-pyrrole nitrogens is 1. The van der Waals surface area contributed by atoms with Crippen molar-refractivity contribution in [3.05, 3.63) is 140 Å². The van der Waals surface area contributed by atoms with Crippen molar-refractivity contribution in [2.24, 2.45) is 0 Å². The quantitative estimate of drug-likeness (QED) is 0.339. The summed E-state index contributed by atoms with van der Waals surface area (Å²) in [6.45, 7) is 1.28. The molecule has 8 heteroatoms. The topological polar surface area (TPSA) is 91.8 Å². The number of ether oxygens (including phenoxy) is 4. The Labute approximate surface area is 225 Å². The van der Waals surface area contributed by atoms with Gasteiger partial charge in [0, 0.05) is 18.2 Å². The van der Waals surface area contributed by atoms with E-state index in [1.54, 1.807) is 0 Å². The fourth-order valence-electron chi connectivity index (χ4n) is 5.50. The Hall–Kier alpha value is -3.82. The number of hydrogen-bond donors (Lipinski definition) is 1. The van der Waals surface area contributed by atoms with Gasteiger partial charge in [-0.15, -0.1) is 0 Å². The molecule has 0 aliphatic carbocycles. The Kier molecular flexibility index (Phi) is 7.26. The first-order valence-electron chi connectivity index (χ1n) is 13.1. The molecule has 1 aromatic heterocycles. The average molecular weight is 527 g/mol. The van der Waals surface area contributed by atoms with Crippen LogP contribution in [0.4, 0.5) is 0 Å². The van der Waals surface area contributed by atoms with Gasteiger partial charge in [-0.3, -0.25) is 14.3 Å². The lowest BCUT2D eigenvalue weighted by Gasteiger charge is -2.34. The number of fused-ring (bicyclic) bond motifs is 3. The minimum Gasteiger partial charge on any atom is -0.374 e. The van der Waals surface area contributed by atoms with Crippen LogP contribution in [0.2, 0.25) is 0 Å². The van der Waals surface area contributed by atoms with Gasteiger partial charge in [-0.25, -0.2) is 4.79 Å². The van der Waals surface area contributed by atoms with Gasteiger partial charge in [0.1, 0.15) is 17.8 Å². The van der Waals surface area contributed by atoms with Gasteiger partial charge in [0.15, 0.2) is 6.23 Å². The maximum Gasteiger partial charge on any atom is 0.330 e. The van der Waals surface area contributed by atoms with Gasteiger partial charge in [0.25, 0.3) is 5.56 Å². The first-order chi connectivity index (χ1) is 19.1. The van der Waals surface area contributed by atoms with Crippen LogP contribution in [0.3, 0.4) is 0 Å². The summed E-state index contributed by atoms with van der Waals surface area (Å²) in [5, 5.41) is 0. The Morgan fingerprint density at radius 2 is 1.41 bits per heavy atom. The molecule has 1 fully saturated rings. The number of benzene rings is 3. The van der Waals surface area contributed by atoms with Gasteiger partial charge in [0.2, 0.25) is 0 Å². The van der Waals surface area contributed by atoms with E-state index in [4.69, 9.17) is 18.9 Å². The maximum atomic E-state index is 13.0. The number of nitrogens with zero attached hydrogens (tertiary/aromatic N) is 1. The molecule has 8 nitrogen and oxygen atoms in total. The third-order valence-electron chi connectivity index (χ3n) is 7.31. The van der Waals surface area contributed by atoms with Crippen molar-refractivity contribution in [2.75, 3.05) is 6.61 Å². The van der Waals surface area contributed by atoms with Crippen molar-refractivity contribution in [3.8, 4) is 0 Å². The predicted octanol–water partition coefficient (Wildman–Crippen LogP) is 3.75. The lowest BCUT2D eigenvalue weighted by Crippen LogP contribution is -2.49. The van der Waals surface area contributed by atoms with Gasteiger partial charge < -0.3 is 18.9 Å². The second kappa shape index (κ2) is 11.1. The minimum atomic E-state index is -1.04. The summed E-state index contributed by atoms with van der Waals surface area (Å²) in [6.07, 6.45) is -1.58. The van der Waals surface area contributed by atoms with Crippen LogP contribution in [-0.4, -0.2) is 34.0 Å². The molecule has 4 atom stereocenters. The number of nitrogens with one attached hydrogen (secondary N) is 1. The second-order valence-electron chi connectivity index (χ2n) is 9.95. The summed E-state index contributed by atoms with van der Waals surface area (Å²) < 4.78 is 27.4. The normalized spacial score (nSPS) is 23.4. The SMILES string of the molecule is O=c1cc2n(c(=O)[nH]1)[C@@H]1O[C@H](COCc3ccccc3)[C@@H](OCc3ccccc3)[C@]1(OCc1ccccc1)C2. The summed E-state index contributed by atoms with van der Waals surface area (Å²) in [4.78, 5) is 27.5. The molecule has 1 N–H and O–H groups in total. The lowest BCUT2D eigenvalue weighted by molar-refractivity contribution is -0.160. The molecule has 0 bridgehead atoms. The van der Waals surface area contributed by atoms with Gasteiger partial charge >= 0.3 is 5.69 Å². The third kappa shape index (κ3) is 5.24. The van der Waals surface area contributed by atoms with Gasteiger partial charge in [-0.2, -0.15) is 0 Å². The second-order valence-corrected chi connectivity index (χ2v) is 9.95. The van der Waals surface area contributed by atoms with E-state index < -0.39 is 35.3 Å². The highest BCUT2D eigenvalue weighted by atomic mass is 16.6. The smallest absolute Gasteiger partial charge is 0.330 e. The van der Waals surface area contributed by atoms with E-state index in [0.717, 1.165) is 16.7 Å². The largest absolute Gasteiger partial charge is 0.374 e. The highest BCUT2D eigenvalue weighted by Gasteiger charge is 2.63. The van der Waals surface area contributed by atoms with Crippen LogP contribution in [0.25, 0.3) is 0 Å². The zero-order chi connectivity index (χ0) is 26.7. The van der Waals surface area contributed by atoms with Crippen molar-refractivity contribution >= 4 is 0 Å². The monoisotopic (exact) mass is 526 g/mol. The molecule has 0 radical (unpaired) electrons. The number of hydrogen-bond acceptors (Lipinski definition) is 6. The molecule has 3 aromatic carbocycles. The van der Waals surface area contributed by atoms with Crippen LogP contribution in [0.1, 0.15) is 28.6 Å². The molecule has 0 amide bonds.